The van der Waals surface area contributed by atoms with Crippen LogP contribution in [0.1, 0.15) is 18.1 Å². The summed E-state index contributed by atoms with van der Waals surface area (Å²) in [6, 6.07) is 12.5. The summed E-state index contributed by atoms with van der Waals surface area (Å²) in [4.78, 5) is 0. The number of aryl methyl sites for hydroxylation is 1. The first-order valence-corrected chi connectivity index (χ1v) is 8.01. The lowest BCUT2D eigenvalue weighted by Crippen LogP contribution is -2.03. The minimum absolute atomic E-state index is 0.626. The maximum atomic E-state index is 5.66. The Bertz CT molecular complexity index is 596. The molecule has 112 valence electrons. The molecule has 0 saturated heterocycles. The van der Waals surface area contributed by atoms with E-state index in [1.54, 1.807) is 7.11 Å². The van der Waals surface area contributed by atoms with E-state index in [2.05, 4.69) is 65.2 Å². The Kier molecular flexibility index (Phi) is 5.73. The van der Waals surface area contributed by atoms with Crippen molar-refractivity contribution >= 4 is 28.3 Å². The molecule has 0 aromatic heterocycles. The zero-order valence-corrected chi connectivity index (χ0v) is 14.7. The van der Waals surface area contributed by atoms with Crippen molar-refractivity contribution in [1.82, 2.24) is 0 Å². The second-order valence-corrected chi connectivity index (χ2v) is 5.92. The number of benzene rings is 2. The van der Waals surface area contributed by atoms with Crippen LogP contribution in [-0.4, -0.2) is 13.7 Å². The number of hydrogen-bond donors (Lipinski definition) is 1. The summed E-state index contributed by atoms with van der Waals surface area (Å²) in [5.41, 5.74) is 3.55. The molecule has 0 aliphatic heterocycles. The molecule has 2 aromatic carbocycles. The summed E-state index contributed by atoms with van der Waals surface area (Å²) in [5, 5.41) is 3.42. The van der Waals surface area contributed by atoms with Gasteiger partial charge in [-0.05, 0) is 66.3 Å². The van der Waals surface area contributed by atoms with E-state index in [4.69, 9.17) is 9.47 Å². The van der Waals surface area contributed by atoms with Gasteiger partial charge in [0, 0.05) is 12.2 Å². The van der Waals surface area contributed by atoms with Crippen molar-refractivity contribution < 1.29 is 9.47 Å². The smallest absolute Gasteiger partial charge is 0.174 e. The molecule has 0 unspecified atom stereocenters. The van der Waals surface area contributed by atoms with Gasteiger partial charge in [0.25, 0.3) is 0 Å². The van der Waals surface area contributed by atoms with Crippen LogP contribution in [0.5, 0.6) is 11.5 Å². The lowest BCUT2D eigenvalue weighted by Gasteiger charge is -2.14. The molecule has 0 saturated carbocycles. The molecule has 2 aromatic rings. The maximum absolute atomic E-state index is 5.66. The van der Waals surface area contributed by atoms with Gasteiger partial charge in [-0.15, -0.1) is 0 Å². The predicted molar refractivity (Wildman–Crippen MR) is 95.4 cm³/mol. The van der Waals surface area contributed by atoms with Gasteiger partial charge in [0.15, 0.2) is 11.5 Å². The predicted octanol–water partition coefficient (Wildman–Crippen LogP) is 4.62. The van der Waals surface area contributed by atoms with Gasteiger partial charge >= 0.3 is 0 Å². The first kappa shape index (κ1) is 15.9. The number of hydrogen-bond acceptors (Lipinski definition) is 3. The summed E-state index contributed by atoms with van der Waals surface area (Å²) >= 11 is 2.28. The number of nitrogens with one attached hydrogen (secondary N) is 1. The van der Waals surface area contributed by atoms with Crippen molar-refractivity contribution in [2.24, 2.45) is 0 Å². The van der Waals surface area contributed by atoms with Crippen LogP contribution in [0.2, 0.25) is 0 Å². The SMILES string of the molecule is CCOc1cc(CNc2ccc(C)cc2)cc(I)c1OC. The van der Waals surface area contributed by atoms with Crippen molar-refractivity contribution in [3.05, 3.63) is 51.1 Å². The van der Waals surface area contributed by atoms with E-state index in [0.29, 0.717) is 6.61 Å². The monoisotopic (exact) mass is 397 g/mol. The highest BCUT2D eigenvalue weighted by molar-refractivity contribution is 14.1. The molecule has 1 N–H and O–H groups in total. The highest BCUT2D eigenvalue weighted by Gasteiger charge is 2.10. The van der Waals surface area contributed by atoms with Gasteiger partial charge < -0.3 is 14.8 Å². The molecule has 0 aliphatic rings. The van der Waals surface area contributed by atoms with E-state index >= 15 is 0 Å². The van der Waals surface area contributed by atoms with Gasteiger partial charge in [0.1, 0.15) is 0 Å². The maximum Gasteiger partial charge on any atom is 0.174 e. The summed E-state index contributed by atoms with van der Waals surface area (Å²) in [5.74, 6) is 1.60. The zero-order valence-electron chi connectivity index (χ0n) is 12.6. The molecule has 0 heterocycles. The van der Waals surface area contributed by atoms with Crippen LogP contribution in [0.3, 0.4) is 0 Å². The molecule has 0 atom stereocenters. The second-order valence-electron chi connectivity index (χ2n) is 4.76. The fraction of sp³-hybridized carbons (Fsp3) is 0.294. The number of ether oxygens (including phenoxy) is 2. The third kappa shape index (κ3) is 4.27. The molecule has 0 bridgehead atoms. The van der Waals surface area contributed by atoms with Crippen molar-refractivity contribution in [2.75, 3.05) is 19.0 Å². The first-order chi connectivity index (χ1) is 10.1. The lowest BCUT2D eigenvalue weighted by molar-refractivity contribution is 0.309. The lowest BCUT2D eigenvalue weighted by atomic mass is 10.2. The highest BCUT2D eigenvalue weighted by atomic mass is 127. The number of anilines is 1. The molecule has 3 nitrogen and oxygen atoms in total. The number of methoxy groups -OCH3 is 1. The molecule has 2 rings (SSSR count). The van der Waals surface area contributed by atoms with E-state index in [-0.39, 0.29) is 0 Å². The summed E-state index contributed by atoms with van der Waals surface area (Å²) in [6.07, 6.45) is 0. The topological polar surface area (TPSA) is 30.5 Å². The molecule has 0 spiro atoms. The van der Waals surface area contributed by atoms with Gasteiger partial charge in [-0.2, -0.15) is 0 Å². The van der Waals surface area contributed by atoms with Crippen molar-refractivity contribution in [2.45, 2.75) is 20.4 Å². The molecule has 21 heavy (non-hydrogen) atoms. The molecular formula is C17H20INO2. The third-order valence-corrected chi connectivity index (χ3v) is 3.92. The fourth-order valence-electron chi connectivity index (χ4n) is 2.06. The summed E-state index contributed by atoms with van der Waals surface area (Å²) < 4.78 is 12.1. The van der Waals surface area contributed by atoms with Crippen LogP contribution in [-0.2, 0) is 6.54 Å². The molecule has 0 amide bonds. The molecular weight excluding hydrogens is 377 g/mol. The van der Waals surface area contributed by atoms with Gasteiger partial charge in [-0.3, -0.25) is 0 Å². The minimum Gasteiger partial charge on any atom is -0.492 e. The van der Waals surface area contributed by atoms with Crippen LogP contribution in [0.25, 0.3) is 0 Å². The van der Waals surface area contributed by atoms with Gasteiger partial charge in [0.05, 0.1) is 17.3 Å². The largest absolute Gasteiger partial charge is 0.492 e. The van der Waals surface area contributed by atoms with Crippen LogP contribution in [0.4, 0.5) is 5.69 Å². The normalized spacial score (nSPS) is 10.3. The Balaban J connectivity index is 2.14. The zero-order chi connectivity index (χ0) is 15.2. The summed E-state index contributed by atoms with van der Waals surface area (Å²) in [6.45, 7) is 5.44. The standard InChI is InChI=1S/C17H20INO2/c1-4-21-16-10-13(9-15(18)17(16)20-3)11-19-14-7-5-12(2)6-8-14/h5-10,19H,4,11H2,1-3H3. The van der Waals surface area contributed by atoms with Crippen molar-refractivity contribution in [3.8, 4) is 11.5 Å². The van der Waals surface area contributed by atoms with Crippen molar-refractivity contribution in [1.29, 1.82) is 0 Å². The van der Waals surface area contributed by atoms with Gasteiger partial charge in [-0.25, -0.2) is 0 Å². The molecule has 0 radical (unpaired) electrons. The summed E-state index contributed by atoms with van der Waals surface area (Å²) in [7, 11) is 1.67. The van der Waals surface area contributed by atoms with E-state index in [1.165, 1.54) is 11.1 Å². The second kappa shape index (κ2) is 7.54. The van der Waals surface area contributed by atoms with Crippen LogP contribution in [0, 0.1) is 10.5 Å². The minimum atomic E-state index is 0.626. The Morgan fingerprint density at radius 2 is 1.86 bits per heavy atom. The average Bonchev–Trinajstić information content (AvgIpc) is 2.47. The average molecular weight is 397 g/mol. The molecule has 0 fully saturated rings. The van der Waals surface area contributed by atoms with E-state index in [0.717, 1.165) is 27.3 Å². The van der Waals surface area contributed by atoms with Gasteiger partial charge in [0.2, 0.25) is 0 Å². The van der Waals surface area contributed by atoms with Gasteiger partial charge in [-0.1, -0.05) is 17.7 Å². The first-order valence-electron chi connectivity index (χ1n) is 6.93. The molecule has 4 heteroatoms. The molecule has 0 aliphatic carbocycles. The van der Waals surface area contributed by atoms with Crippen LogP contribution in [0.15, 0.2) is 36.4 Å². The highest BCUT2D eigenvalue weighted by Crippen LogP contribution is 2.34. The Hall–Kier alpha value is -1.43. The van der Waals surface area contributed by atoms with Crippen LogP contribution < -0.4 is 14.8 Å². The third-order valence-electron chi connectivity index (χ3n) is 3.12. The van der Waals surface area contributed by atoms with E-state index < -0.39 is 0 Å². The van der Waals surface area contributed by atoms with E-state index in [1.807, 2.05) is 13.0 Å². The van der Waals surface area contributed by atoms with Crippen LogP contribution >= 0.6 is 22.6 Å². The number of rotatable bonds is 6. The Morgan fingerprint density at radius 3 is 2.48 bits per heavy atom. The quantitative estimate of drug-likeness (QED) is 0.722. The fourth-order valence-corrected chi connectivity index (χ4v) is 2.95. The number of halogens is 1. The van der Waals surface area contributed by atoms with E-state index in [9.17, 15) is 0 Å². The Morgan fingerprint density at radius 1 is 1.14 bits per heavy atom. The van der Waals surface area contributed by atoms with Crippen molar-refractivity contribution in [3.63, 3.8) is 0 Å². The Labute approximate surface area is 139 Å².